The van der Waals surface area contributed by atoms with Gasteiger partial charge in [0.1, 0.15) is 11.6 Å². The normalized spacial score (nSPS) is 12.0. The highest BCUT2D eigenvalue weighted by molar-refractivity contribution is 7.98. The van der Waals surface area contributed by atoms with Crippen molar-refractivity contribution in [2.24, 2.45) is 0 Å². The van der Waals surface area contributed by atoms with E-state index in [9.17, 15) is 4.39 Å². The first-order valence-corrected chi connectivity index (χ1v) is 10.7. The summed E-state index contributed by atoms with van der Waals surface area (Å²) in [6, 6.07) is 9.90. The Morgan fingerprint density at radius 1 is 1.21 bits per heavy atom. The van der Waals surface area contributed by atoms with Gasteiger partial charge in [-0.15, -0.1) is 16.8 Å². The summed E-state index contributed by atoms with van der Waals surface area (Å²) < 4.78 is 21.2. The summed E-state index contributed by atoms with van der Waals surface area (Å²) in [5, 5.41) is 10.4. The van der Waals surface area contributed by atoms with Gasteiger partial charge in [0, 0.05) is 22.3 Å². The second-order valence-corrected chi connectivity index (χ2v) is 8.19. The van der Waals surface area contributed by atoms with Crippen LogP contribution in [0.2, 0.25) is 10.0 Å². The molecule has 0 saturated carbocycles. The predicted octanol–water partition coefficient (Wildman–Crippen LogP) is 6.65. The number of hydrogen-bond donors (Lipinski definition) is 0. The van der Waals surface area contributed by atoms with Crippen LogP contribution in [0.5, 0.6) is 5.75 Å². The van der Waals surface area contributed by atoms with Crippen molar-refractivity contribution in [1.29, 1.82) is 0 Å². The fraction of sp³-hybridized carbons (Fsp3) is 0.238. The molecule has 0 radical (unpaired) electrons. The number of allylic oxidation sites excluding steroid dienone is 1. The first-order valence-electron chi connectivity index (χ1n) is 8.92. The molecule has 3 aromatic rings. The van der Waals surface area contributed by atoms with Gasteiger partial charge >= 0.3 is 0 Å². The SMILES string of the molecule is C=CCn1c(SCc2ccc(F)cc2Cl)nnc1C(C)Oc1ccc(Cl)c(C)c1. The summed E-state index contributed by atoms with van der Waals surface area (Å²) in [4.78, 5) is 0. The van der Waals surface area contributed by atoms with Crippen LogP contribution in [-0.2, 0) is 12.3 Å². The summed E-state index contributed by atoms with van der Waals surface area (Å²) in [6.07, 6.45) is 1.45. The molecule has 4 nitrogen and oxygen atoms in total. The number of rotatable bonds is 8. The van der Waals surface area contributed by atoms with Gasteiger partial charge in [0.25, 0.3) is 0 Å². The molecule has 0 fully saturated rings. The standard InChI is InChI=1S/C21H20Cl2FN3OS/c1-4-9-27-20(14(3)28-17-7-8-18(22)13(2)10-17)25-26-21(27)29-12-15-5-6-16(24)11-19(15)23/h4-8,10-11,14H,1,9,12H2,2-3H3. The predicted molar refractivity (Wildman–Crippen MR) is 116 cm³/mol. The van der Waals surface area contributed by atoms with Crippen molar-refractivity contribution in [2.45, 2.75) is 37.4 Å². The van der Waals surface area contributed by atoms with Crippen molar-refractivity contribution >= 4 is 35.0 Å². The van der Waals surface area contributed by atoms with Gasteiger partial charge in [-0.2, -0.15) is 0 Å². The molecule has 0 bridgehead atoms. The molecule has 0 saturated heterocycles. The molecule has 1 heterocycles. The van der Waals surface area contributed by atoms with E-state index in [1.165, 1.54) is 23.9 Å². The van der Waals surface area contributed by atoms with Gasteiger partial charge in [-0.25, -0.2) is 4.39 Å². The maximum atomic E-state index is 13.2. The molecule has 3 rings (SSSR count). The lowest BCUT2D eigenvalue weighted by molar-refractivity contribution is 0.210. The van der Waals surface area contributed by atoms with Crippen LogP contribution in [-0.4, -0.2) is 14.8 Å². The molecule has 1 atom stereocenters. The minimum Gasteiger partial charge on any atom is -0.483 e. The summed E-state index contributed by atoms with van der Waals surface area (Å²) in [7, 11) is 0. The van der Waals surface area contributed by atoms with Crippen LogP contribution in [0.4, 0.5) is 4.39 Å². The van der Waals surface area contributed by atoms with Crippen molar-refractivity contribution in [3.8, 4) is 5.75 Å². The number of benzene rings is 2. The van der Waals surface area contributed by atoms with Crippen LogP contribution in [0.25, 0.3) is 0 Å². The largest absolute Gasteiger partial charge is 0.483 e. The van der Waals surface area contributed by atoms with Crippen molar-refractivity contribution in [3.05, 3.63) is 81.9 Å². The van der Waals surface area contributed by atoms with E-state index in [0.29, 0.717) is 39.1 Å². The number of ether oxygens (including phenoxy) is 1. The fourth-order valence-corrected chi connectivity index (χ4v) is 4.13. The van der Waals surface area contributed by atoms with Crippen LogP contribution >= 0.6 is 35.0 Å². The van der Waals surface area contributed by atoms with E-state index in [1.54, 1.807) is 18.2 Å². The zero-order valence-electron chi connectivity index (χ0n) is 16.0. The Bertz CT molecular complexity index is 1030. The van der Waals surface area contributed by atoms with E-state index in [-0.39, 0.29) is 11.9 Å². The molecule has 0 aliphatic carbocycles. The highest BCUT2D eigenvalue weighted by atomic mass is 35.5. The van der Waals surface area contributed by atoms with Gasteiger partial charge in [0.15, 0.2) is 17.1 Å². The average Bonchev–Trinajstić information content (AvgIpc) is 3.07. The maximum Gasteiger partial charge on any atom is 0.191 e. The van der Waals surface area contributed by atoms with E-state index in [4.69, 9.17) is 27.9 Å². The smallest absolute Gasteiger partial charge is 0.191 e. The summed E-state index contributed by atoms with van der Waals surface area (Å²) in [5.41, 5.74) is 1.77. The van der Waals surface area contributed by atoms with E-state index >= 15 is 0 Å². The third kappa shape index (κ3) is 5.32. The molecule has 1 unspecified atom stereocenters. The molecule has 0 spiro atoms. The number of aryl methyl sites for hydroxylation is 1. The summed E-state index contributed by atoms with van der Waals surface area (Å²) in [5.74, 6) is 1.58. The molecule has 152 valence electrons. The number of nitrogens with zero attached hydrogens (tertiary/aromatic N) is 3. The van der Waals surface area contributed by atoms with Crippen LogP contribution in [0.3, 0.4) is 0 Å². The molecule has 0 aliphatic rings. The highest BCUT2D eigenvalue weighted by Crippen LogP contribution is 2.30. The average molecular weight is 452 g/mol. The molecule has 29 heavy (non-hydrogen) atoms. The van der Waals surface area contributed by atoms with Crippen molar-refractivity contribution in [3.63, 3.8) is 0 Å². The third-order valence-corrected chi connectivity index (χ3v) is 6.03. The lowest BCUT2D eigenvalue weighted by Crippen LogP contribution is -2.12. The number of thioether (sulfide) groups is 1. The van der Waals surface area contributed by atoms with Gasteiger partial charge in [0.2, 0.25) is 0 Å². The van der Waals surface area contributed by atoms with E-state index in [2.05, 4.69) is 16.8 Å². The molecule has 8 heteroatoms. The third-order valence-electron chi connectivity index (χ3n) is 4.23. The lowest BCUT2D eigenvalue weighted by Gasteiger charge is -2.16. The Morgan fingerprint density at radius 3 is 2.69 bits per heavy atom. The van der Waals surface area contributed by atoms with Crippen molar-refractivity contribution < 1.29 is 9.13 Å². The van der Waals surface area contributed by atoms with Crippen molar-refractivity contribution in [2.75, 3.05) is 0 Å². The second-order valence-electron chi connectivity index (χ2n) is 6.44. The van der Waals surface area contributed by atoms with Crippen LogP contribution in [0.15, 0.2) is 54.2 Å². The van der Waals surface area contributed by atoms with Crippen LogP contribution in [0.1, 0.15) is 30.0 Å². The Hall–Kier alpha value is -2.02. The zero-order valence-corrected chi connectivity index (χ0v) is 18.4. The summed E-state index contributed by atoms with van der Waals surface area (Å²) in [6.45, 7) is 8.20. The van der Waals surface area contributed by atoms with Gasteiger partial charge in [-0.05, 0) is 55.3 Å². The van der Waals surface area contributed by atoms with Crippen molar-refractivity contribution in [1.82, 2.24) is 14.8 Å². The van der Waals surface area contributed by atoms with E-state index in [1.807, 2.05) is 30.5 Å². The molecule has 0 aliphatic heterocycles. The van der Waals surface area contributed by atoms with E-state index < -0.39 is 0 Å². The second kappa shape index (κ2) is 9.65. The van der Waals surface area contributed by atoms with Gasteiger partial charge < -0.3 is 4.74 Å². The maximum absolute atomic E-state index is 13.2. The quantitative estimate of drug-likeness (QED) is 0.283. The Kier molecular flexibility index (Phi) is 7.22. The Morgan fingerprint density at radius 2 is 2.00 bits per heavy atom. The molecule has 2 aromatic carbocycles. The van der Waals surface area contributed by atoms with E-state index in [0.717, 1.165) is 11.1 Å². The molecule has 1 aromatic heterocycles. The van der Waals surface area contributed by atoms with Gasteiger partial charge in [-0.3, -0.25) is 4.57 Å². The number of aromatic nitrogens is 3. The molecular weight excluding hydrogens is 432 g/mol. The fourth-order valence-electron chi connectivity index (χ4n) is 2.74. The first-order chi connectivity index (χ1) is 13.9. The minimum atomic E-state index is -0.357. The monoisotopic (exact) mass is 451 g/mol. The number of halogens is 3. The minimum absolute atomic E-state index is 0.327. The number of hydrogen-bond acceptors (Lipinski definition) is 4. The molecular formula is C21H20Cl2FN3OS. The first kappa shape index (κ1) is 21.7. The Balaban J connectivity index is 1.78. The highest BCUT2D eigenvalue weighted by Gasteiger charge is 2.19. The van der Waals surface area contributed by atoms with Crippen LogP contribution in [0, 0.1) is 12.7 Å². The molecule has 0 amide bonds. The lowest BCUT2D eigenvalue weighted by atomic mass is 10.2. The summed E-state index contributed by atoms with van der Waals surface area (Å²) >= 11 is 13.7. The Labute approximate surface area is 183 Å². The van der Waals surface area contributed by atoms with Gasteiger partial charge in [-0.1, -0.05) is 47.1 Å². The molecule has 0 N–H and O–H groups in total. The van der Waals surface area contributed by atoms with Gasteiger partial charge in [0.05, 0.1) is 0 Å². The van der Waals surface area contributed by atoms with Crippen LogP contribution < -0.4 is 4.74 Å². The zero-order chi connectivity index (χ0) is 21.0. The topological polar surface area (TPSA) is 39.9 Å².